The standard InChI is InChI=1S/C15H20O4S/c1-11-2-6-13(7-3-11)20(18,19)14-8-4-12(5-9-14)10-15(16)17/h4-5,8-9,11,13H,2-3,6-7,10H2,1H3,(H,16,17). The van der Waals surface area contributed by atoms with Gasteiger partial charge < -0.3 is 5.11 Å². The summed E-state index contributed by atoms with van der Waals surface area (Å²) in [4.78, 5) is 10.9. The molecule has 1 aromatic rings. The molecule has 0 aliphatic heterocycles. The summed E-state index contributed by atoms with van der Waals surface area (Å²) in [5.41, 5.74) is 0.619. The van der Waals surface area contributed by atoms with Crippen LogP contribution in [-0.2, 0) is 21.1 Å². The molecule has 0 aromatic heterocycles. The molecule has 1 aliphatic rings. The molecule has 0 atom stereocenters. The number of sulfone groups is 1. The highest BCUT2D eigenvalue weighted by Gasteiger charge is 2.30. The second-order valence-electron chi connectivity index (χ2n) is 5.64. The van der Waals surface area contributed by atoms with Crippen LogP contribution in [0.2, 0.25) is 0 Å². The minimum atomic E-state index is -3.28. The number of hydrogen-bond donors (Lipinski definition) is 1. The monoisotopic (exact) mass is 296 g/mol. The average molecular weight is 296 g/mol. The normalized spacial score (nSPS) is 23.4. The van der Waals surface area contributed by atoms with Gasteiger partial charge in [0.05, 0.1) is 16.6 Å². The van der Waals surface area contributed by atoms with Crippen LogP contribution in [0.15, 0.2) is 29.2 Å². The van der Waals surface area contributed by atoms with Gasteiger partial charge in [-0.05, 0) is 49.3 Å². The summed E-state index contributed by atoms with van der Waals surface area (Å²) in [5.74, 6) is -0.304. The van der Waals surface area contributed by atoms with E-state index in [0.717, 1.165) is 25.7 Å². The van der Waals surface area contributed by atoms with Crippen LogP contribution in [0.3, 0.4) is 0 Å². The third-order valence-electron chi connectivity index (χ3n) is 4.01. The van der Waals surface area contributed by atoms with E-state index in [4.69, 9.17) is 5.11 Å². The highest BCUT2D eigenvalue weighted by Crippen LogP contribution is 2.31. The Balaban J connectivity index is 2.15. The molecule has 5 heteroatoms. The van der Waals surface area contributed by atoms with Crippen LogP contribution < -0.4 is 0 Å². The highest BCUT2D eigenvalue weighted by atomic mass is 32.2. The Bertz CT molecular complexity index is 566. The molecule has 1 aliphatic carbocycles. The summed E-state index contributed by atoms with van der Waals surface area (Å²) in [6.07, 6.45) is 3.28. The van der Waals surface area contributed by atoms with Crippen molar-refractivity contribution < 1.29 is 18.3 Å². The molecule has 0 heterocycles. The van der Waals surface area contributed by atoms with Crippen molar-refractivity contribution >= 4 is 15.8 Å². The lowest BCUT2D eigenvalue weighted by molar-refractivity contribution is -0.136. The molecule has 0 spiro atoms. The van der Waals surface area contributed by atoms with Crippen LogP contribution in [0.4, 0.5) is 0 Å². The van der Waals surface area contributed by atoms with E-state index in [0.29, 0.717) is 16.4 Å². The topological polar surface area (TPSA) is 71.4 Å². The fourth-order valence-electron chi connectivity index (χ4n) is 2.70. The van der Waals surface area contributed by atoms with Crippen molar-refractivity contribution in [2.24, 2.45) is 5.92 Å². The first-order chi connectivity index (χ1) is 9.39. The summed E-state index contributed by atoms with van der Waals surface area (Å²) < 4.78 is 25.0. The summed E-state index contributed by atoms with van der Waals surface area (Å²) in [7, 11) is -3.28. The summed E-state index contributed by atoms with van der Waals surface area (Å²) in [6, 6.07) is 6.25. The van der Waals surface area contributed by atoms with Gasteiger partial charge in [-0.3, -0.25) is 4.79 Å². The van der Waals surface area contributed by atoms with Crippen LogP contribution in [0.5, 0.6) is 0 Å². The second-order valence-corrected chi connectivity index (χ2v) is 7.87. The SMILES string of the molecule is CC1CCC(S(=O)(=O)c2ccc(CC(=O)O)cc2)CC1. The van der Waals surface area contributed by atoms with Gasteiger partial charge in [-0.1, -0.05) is 19.1 Å². The Morgan fingerprint density at radius 1 is 1.15 bits per heavy atom. The lowest BCUT2D eigenvalue weighted by Gasteiger charge is -2.26. The molecular weight excluding hydrogens is 276 g/mol. The van der Waals surface area contributed by atoms with E-state index >= 15 is 0 Å². The lowest BCUT2D eigenvalue weighted by Crippen LogP contribution is -2.26. The zero-order valence-electron chi connectivity index (χ0n) is 11.6. The number of carboxylic acid groups (broad SMARTS) is 1. The van der Waals surface area contributed by atoms with E-state index in [1.54, 1.807) is 12.1 Å². The number of rotatable bonds is 4. The molecule has 2 rings (SSSR count). The molecule has 0 saturated heterocycles. The molecule has 1 saturated carbocycles. The van der Waals surface area contributed by atoms with Gasteiger partial charge in [0.25, 0.3) is 0 Å². The Kier molecular flexibility index (Phi) is 4.48. The highest BCUT2D eigenvalue weighted by molar-refractivity contribution is 7.92. The Morgan fingerprint density at radius 2 is 1.70 bits per heavy atom. The molecule has 1 aromatic carbocycles. The third-order valence-corrected chi connectivity index (χ3v) is 6.29. The minimum Gasteiger partial charge on any atom is -0.481 e. The third kappa shape index (κ3) is 3.39. The van der Waals surface area contributed by atoms with Gasteiger partial charge in [0.2, 0.25) is 0 Å². The van der Waals surface area contributed by atoms with Gasteiger partial charge in [-0.15, -0.1) is 0 Å². The Morgan fingerprint density at radius 3 is 2.20 bits per heavy atom. The van der Waals surface area contributed by atoms with E-state index in [2.05, 4.69) is 6.92 Å². The van der Waals surface area contributed by atoms with Crippen molar-refractivity contribution in [3.05, 3.63) is 29.8 Å². The van der Waals surface area contributed by atoms with Crippen molar-refractivity contribution in [3.63, 3.8) is 0 Å². The van der Waals surface area contributed by atoms with Crippen molar-refractivity contribution in [2.75, 3.05) is 0 Å². The van der Waals surface area contributed by atoms with Gasteiger partial charge in [0, 0.05) is 0 Å². The molecule has 0 unspecified atom stereocenters. The molecule has 1 fully saturated rings. The molecule has 110 valence electrons. The summed E-state index contributed by atoms with van der Waals surface area (Å²) >= 11 is 0. The van der Waals surface area contributed by atoms with Crippen LogP contribution in [0.25, 0.3) is 0 Å². The smallest absolute Gasteiger partial charge is 0.307 e. The predicted octanol–water partition coefficient (Wildman–Crippen LogP) is 2.67. The molecule has 0 amide bonds. The van der Waals surface area contributed by atoms with Gasteiger partial charge in [0.15, 0.2) is 9.84 Å². The summed E-state index contributed by atoms with van der Waals surface area (Å²) in [5, 5.41) is 8.42. The largest absolute Gasteiger partial charge is 0.481 e. The number of carbonyl (C=O) groups is 1. The summed E-state index contributed by atoms with van der Waals surface area (Å²) in [6.45, 7) is 2.16. The van der Waals surface area contributed by atoms with Crippen molar-refractivity contribution in [1.29, 1.82) is 0 Å². The van der Waals surface area contributed by atoms with Gasteiger partial charge in [-0.2, -0.15) is 0 Å². The maximum atomic E-state index is 12.5. The molecule has 0 bridgehead atoms. The minimum absolute atomic E-state index is 0.0821. The average Bonchev–Trinajstić information content (AvgIpc) is 2.39. The van der Waals surface area contributed by atoms with E-state index < -0.39 is 15.8 Å². The molecular formula is C15H20O4S. The molecule has 1 N–H and O–H groups in total. The van der Waals surface area contributed by atoms with Gasteiger partial charge in [-0.25, -0.2) is 8.42 Å². The lowest BCUT2D eigenvalue weighted by atomic mass is 9.91. The number of carboxylic acids is 1. The Hall–Kier alpha value is -1.36. The number of hydrogen-bond acceptors (Lipinski definition) is 3. The maximum absolute atomic E-state index is 12.5. The Labute approximate surface area is 119 Å². The molecule has 0 radical (unpaired) electrons. The van der Waals surface area contributed by atoms with Crippen LogP contribution in [-0.4, -0.2) is 24.7 Å². The van der Waals surface area contributed by atoms with Crippen molar-refractivity contribution in [1.82, 2.24) is 0 Å². The quantitative estimate of drug-likeness (QED) is 0.927. The van der Waals surface area contributed by atoms with Crippen molar-refractivity contribution in [2.45, 2.75) is 49.2 Å². The zero-order chi connectivity index (χ0) is 14.8. The van der Waals surface area contributed by atoms with E-state index in [9.17, 15) is 13.2 Å². The molecule has 20 heavy (non-hydrogen) atoms. The van der Waals surface area contributed by atoms with E-state index in [1.165, 1.54) is 12.1 Å². The fraction of sp³-hybridized carbons (Fsp3) is 0.533. The first kappa shape index (κ1) is 15.0. The zero-order valence-corrected chi connectivity index (χ0v) is 12.4. The predicted molar refractivity (Wildman–Crippen MR) is 76.4 cm³/mol. The van der Waals surface area contributed by atoms with E-state index in [-0.39, 0.29) is 11.7 Å². The van der Waals surface area contributed by atoms with Crippen molar-refractivity contribution in [3.8, 4) is 0 Å². The van der Waals surface area contributed by atoms with Crippen LogP contribution >= 0.6 is 0 Å². The van der Waals surface area contributed by atoms with E-state index in [1.807, 2.05) is 0 Å². The van der Waals surface area contributed by atoms with Crippen LogP contribution in [0.1, 0.15) is 38.2 Å². The van der Waals surface area contributed by atoms with Gasteiger partial charge >= 0.3 is 5.97 Å². The van der Waals surface area contributed by atoms with Crippen LogP contribution in [0, 0.1) is 5.92 Å². The van der Waals surface area contributed by atoms with Gasteiger partial charge in [0.1, 0.15) is 0 Å². The second kappa shape index (κ2) is 5.95. The first-order valence-electron chi connectivity index (χ1n) is 6.94. The number of benzene rings is 1. The fourth-order valence-corrected chi connectivity index (χ4v) is 4.50. The maximum Gasteiger partial charge on any atom is 0.307 e. The number of aliphatic carboxylic acids is 1. The molecule has 4 nitrogen and oxygen atoms in total. The first-order valence-corrected chi connectivity index (χ1v) is 8.49.